The van der Waals surface area contributed by atoms with E-state index in [2.05, 4.69) is 15.6 Å². The summed E-state index contributed by atoms with van der Waals surface area (Å²) < 4.78 is 0. The lowest BCUT2D eigenvalue weighted by Crippen LogP contribution is -2.36. The second-order valence-corrected chi connectivity index (χ2v) is 8.36. The van der Waals surface area contributed by atoms with E-state index < -0.39 is 4.92 Å². The standard InChI is InChI=1S/C20H24N4O4S/c25-17(22-14-15-6-2-3-7-16(15)24(27)28)12-20(8-4-1-5-9-20)13-18(26)23-19-21-10-11-29-19/h2-3,6-7,10-11H,1,4-5,8-9,12-14H2,(H,22,25)(H,21,23,26). The maximum Gasteiger partial charge on any atom is 0.274 e. The smallest absolute Gasteiger partial charge is 0.274 e. The molecule has 0 spiro atoms. The van der Waals surface area contributed by atoms with E-state index >= 15 is 0 Å². The van der Waals surface area contributed by atoms with Gasteiger partial charge in [-0.15, -0.1) is 11.3 Å². The number of nitrogens with one attached hydrogen (secondary N) is 2. The number of carbonyl (C=O) groups excluding carboxylic acids is 2. The third kappa shape index (κ3) is 5.83. The number of aromatic nitrogens is 1. The van der Waals surface area contributed by atoms with Gasteiger partial charge in [0.05, 0.1) is 4.92 Å². The van der Waals surface area contributed by atoms with Crippen molar-refractivity contribution in [2.75, 3.05) is 5.32 Å². The predicted octanol–water partition coefficient (Wildman–Crippen LogP) is 4.04. The van der Waals surface area contributed by atoms with E-state index in [1.165, 1.54) is 17.4 Å². The molecule has 8 nitrogen and oxygen atoms in total. The molecule has 9 heteroatoms. The summed E-state index contributed by atoms with van der Waals surface area (Å²) in [5, 5.41) is 19.1. The van der Waals surface area contributed by atoms with E-state index in [9.17, 15) is 19.7 Å². The van der Waals surface area contributed by atoms with E-state index in [1.54, 1.807) is 29.8 Å². The monoisotopic (exact) mass is 416 g/mol. The zero-order valence-corrected chi connectivity index (χ0v) is 16.9. The molecule has 3 rings (SSSR count). The molecule has 29 heavy (non-hydrogen) atoms. The van der Waals surface area contributed by atoms with E-state index in [0.29, 0.717) is 10.7 Å². The molecule has 0 unspecified atom stereocenters. The van der Waals surface area contributed by atoms with Gasteiger partial charge < -0.3 is 10.6 Å². The van der Waals surface area contributed by atoms with Crippen molar-refractivity contribution in [2.45, 2.75) is 51.5 Å². The van der Waals surface area contributed by atoms with Crippen LogP contribution in [0.5, 0.6) is 0 Å². The molecule has 1 saturated carbocycles. The first-order chi connectivity index (χ1) is 14.0. The van der Waals surface area contributed by atoms with Crippen molar-refractivity contribution in [3.63, 3.8) is 0 Å². The lowest BCUT2D eigenvalue weighted by molar-refractivity contribution is -0.385. The van der Waals surface area contributed by atoms with Crippen LogP contribution in [0, 0.1) is 15.5 Å². The summed E-state index contributed by atoms with van der Waals surface area (Å²) in [4.78, 5) is 39.9. The summed E-state index contributed by atoms with van der Waals surface area (Å²) in [6.45, 7) is 0.0946. The van der Waals surface area contributed by atoms with Gasteiger partial charge in [-0.2, -0.15) is 0 Å². The van der Waals surface area contributed by atoms with Crippen LogP contribution in [-0.2, 0) is 16.1 Å². The van der Waals surface area contributed by atoms with Crippen LogP contribution in [0.4, 0.5) is 10.8 Å². The molecule has 0 bridgehead atoms. The second kappa shape index (κ2) is 9.60. The van der Waals surface area contributed by atoms with Crippen molar-refractivity contribution in [1.82, 2.24) is 10.3 Å². The van der Waals surface area contributed by atoms with E-state index in [0.717, 1.165) is 32.1 Å². The minimum absolute atomic E-state index is 0.0111. The van der Waals surface area contributed by atoms with Gasteiger partial charge in [0.2, 0.25) is 11.8 Å². The van der Waals surface area contributed by atoms with Gasteiger partial charge in [0.15, 0.2) is 5.13 Å². The number of benzene rings is 1. The Morgan fingerprint density at radius 1 is 1.14 bits per heavy atom. The topological polar surface area (TPSA) is 114 Å². The molecule has 0 saturated heterocycles. The zero-order valence-electron chi connectivity index (χ0n) is 16.1. The van der Waals surface area contributed by atoms with Gasteiger partial charge in [0.25, 0.3) is 5.69 Å². The van der Waals surface area contributed by atoms with Crippen LogP contribution < -0.4 is 10.6 Å². The highest BCUT2D eigenvalue weighted by Crippen LogP contribution is 2.42. The Labute approximate surface area is 172 Å². The largest absolute Gasteiger partial charge is 0.352 e. The summed E-state index contributed by atoms with van der Waals surface area (Å²) in [5.74, 6) is -0.319. The average Bonchev–Trinajstić information content (AvgIpc) is 3.19. The summed E-state index contributed by atoms with van der Waals surface area (Å²) >= 11 is 1.36. The number of nitrogens with zero attached hydrogens (tertiary/aromatic N) is 2. The molecular formula is C20H24N4O4S. The predicted molar refractivity (Wildman–Crippen MR) is 110 cm³/mol. The Morgan fingerprint density at radius 3 is 2.55 bits per heavy atom. The molecule has 2 aromatic rings. The molecule has 0 radical (unpaired) electrons. The third-order valence-electron chi connectivity index (χ3n) is 5.33. The van der Waals surface area contributed by atoms with Gasteiger partial charge >= 0.3 is 0 Å². The van der Waals surface area contributed by atoms with Crippen molar-refractivity contribution in [3.8, 4) is 0 Å². The van der Waals surface area contributed by atoms with Crippen LogP contribution in [-0.4, -0.2) is 21.7 Å². The van der Waals surface area contributed by atoms with E-state index in [4.69, 9.17) is 0 Å². The van der Waals surface area contributed by atoms with Crippen molar-refractivity contribution in [1.29, 1.82) is 0 Å². The Kier molecular flexibility index (Phi) is 6.92. The Hall–Kier alpha value is -2.81. The molecule has 2 amide bonds. The molecule has 1 aliphatic rings. The quantitative estimate of drug-likeness (QED) is 0.498. The number of hydrogen-bond acceptors (Lipinski definition) is 6. The Bertz CT molecular complexity index is 863. The number of amides is 2. The molecule has 1 aromatic heterocycles. The number of para-hydroxylation sites is 1. The first-order valence-corrected chi connectivity index (χ1v) is 10.5. The molecule has 1 aromatic carbocycles. The van der Waals surface area contributed by atoms with E-state index in [-0.39, 0.29) is 42.3 Å². The fraction of sp³-hybridized carbons (Fsp3) is 0.450. The summed E-state index contributed by atoms with van der Waals surface area (Å²) in [5.41, 5.74) is 0.0693. The first kappa shape index (κ1) is 20.9. The summed E-state index contributed by atoms with van der Waals surface area (Å²) in [6.07, 6.45) is 6.85. The van der Waals surface area contributed by atoms with E-state index in [1.807, 2.05) is 0 Å². The highest BCUT2D eigenvalue weighted by atomic mass is 32.1. The van der Waals surface area contributed by atoms with Gasteiger partial charge in [0, 0.05) is 42.6 Å². The number of nitro groups is 1. The minimum Gasteiger partial charge on any atom is -0.352 e. The molecular weight excluding hydrogens is 392 g/mol. The molecule has 0 aliphatic heterocycles. The SMILES string of the molecule is O=C(CC1(CC(=O)Nc2nccs2)CCCCC1)NCc1ccccc1[N+](=O)[O-]. The molecule has 1 aliphatic carbocycles. The number of thiazole rings is 1. The van der Waals surface area contributed by atoms with Crippen LogP contribution in [0.25, 0.3) is 0 Å². The first-order valence-electron chi connectivity index (χ1n) is 9.66. The summed E-state index contributed by atoms with van der Waals surface area (Å²) in [6, 6.07) is 6.37. The van der Waals surface area contributed by atoms with Crippen LogP contribution in [0.2, 0.25) is 0 Å². The van der Waals surface area contributed by atoms with Gasteiger partial charge in [-0.05, 0) is 18.3 Å². The van der Waals surface area contributed by atoms with Crippen molar-refractivity contribution >= 4 is 34.0 Å². The molecule has 0 atom stereocenters. The number of hydrogen-bond donors (Lipinski definition) is 2. The highest BCUT2D eigenvalue weighted by molar-refractivity contribution is 7.13. The second-order valence-electron chi connectivity index (χ2n) is 7.46. The molecule has 154 valence electrons. The lowest BCUT2D eigenvalue weighted by atomic mass is 9.69. The van der Waals surface area contributed by atoms with Gasteiger partial charge in [-0.3, -0.25) is 19.7 Å². The zero-order chi connectivity index (χ0) is 20.7. The van der Waals surface area contributed by atoms with Gasteiger partial charge in [-0.1, -0.05) is 37.5 Å². The van der Waals surface area contributed by atoms with Crippen LogP contribution >= 0.6 is 11.3 Å². The Balaban J connectivity index is 1.61. The number of carbonyl (C=O) groups is 2. The molecule has 1 heterocycles. The minimum atomic E-state index is -0.451. The Morgan fingerprint density at radius 2 is 1.86 bits per heavy atom. The highest BCUT2D eigenvalue weighted by Gasteiger charge is 2.36. The van der Waals surface area contributed by atoms with Crippen molar-refractivity contribution < 1.29 is 14.5 Å². The number of rotatable bonds is 8. The fourth-order valence-corrected chi connectivity index (χ4v) is 4.49. The maximum absolute atomic E-state index is 12.6. The third-order valence-corrected chi connectivity index (χ3v) is 6.02. The van der Waals surface area contributed by atoms with Gasteiger partial charge in [0.1, 0.15) is 0 Å². The van der Waals surface area contributed by atoms with Crippen LogP contribution in [0.15, 0.2) is 35.8 Å². The lowest BCUT2D eigenvalue weighted by Gasteiger charge is -2.36. The van der Waals surface area contributed by atoms with Crippen LogP contribution in [0.1, 0.15) is 50.5 Å². The van der Waals surface area contributed by atoms with Gasteiger partial charge in [-0.25, -0.2) is 4.98 Å². The van der Waals surface area contributed by atoms with Crippen molar-refractivity contribution in [3.05, 3.63) is 51.5 Å². The molecule has 2 N–H and O–H groups in total. The average molecular weight is 417 g/mol. The molecule has 1 fully saturated rings. The normalized spacial score (nSPS) is 15.4. The number of anilines is 1. The number of nitro benzene ring substituents is 1. The maximum atomic E-state index is 12.6. The fourth-order valence-electron chi connectivity index (χ4n) is 3.94. The summed E-state index contributed by atoms with van der Waals surface area (Å²) in [7, 11) is 0. The van der Waals surface area contributed by atoms with Crippen molar-refractivity contribution in [2.24, 2.45) is 5.41 Å². The van der Waals surface area contributed by atoms with Crippen LogP contribution in [0.3, 0.4) is 0 Å².